The molecule has 0 aliphatic carbocycles. The fourth-order valence-electron chi connectivity index (χ4n) is 4.35. The van der Waals surface area contributed by atoms with Crippen molar-refractivity contribution in [3.63, 3.8) is 0 Å². The summed E-state index contributed by atoms with van der Waals surface area (Å²) in [6.45, 7) is 3.15. The third-order valence-corrected chi connectivity index (χ3v) is 6.34. The number of benzene rings is 2. The monoisotopic (exact) mass is 544 g/mol. The van der Waals surface area contributed by atoms with Crippen LogP contribution < -0.4 is 15.4 Å². The van der Waals surface area contributed by atoms with Gasteiger partial charge < -0.3 is 24.7 Å². The first-order valence-electron chi connectivity index (χ1n) is 11.8. The highest BCUT2D eigenvalue weighted by atomic mass is 35.5. The number of methoxy groups -OCH3 is 1. The summed E-state index contributed by atoms with van der Waals surface area (Å²) in [5.41, 5.74) is 2.87. The molecule has 0 saturated heterocycles. The van der Waals surface area contributed by atoms with Gasteiger partial charge in [-0.1, -0.05) is 23.7 Å². The molecule has 0 radical (unpaired) electrons. The lowest BCUT2D eigenvalue weighted by atomic mass is 9.91. The molecule has 1 atom stereocenters. The van der Waals surface area contributed by atoms with Crippen LogP contribution in [0.3, 0.4) is 0 Å². The molecule has 8 nitrogen and oxygen atoms in total. The molecule has 2 aromatic carbocycles. The fourth-order valence-corrected chi connectivity index (χ4v) is 4.49. The van der Waals surface area contributed by atoms with Crippen molar-refractivity contribution in [3.8, 4) is 11.4 Å². The van der Waals surface area contributed by atoms with E-state index in [1.165, 1.54) is 12.1 Å². The molecule has 1 aliphatic rings. The van der Waals surface area contributed by atoms with Gasteiger partial charge in [-0.2, -0.15) is 18.2 Å². The molecule has 0 bridgehead atoms. The number of ether oxygens (including phenoxy) is 2. The zero-order chi connectivity index (χ0) is 26.9. The minimum absolute atomic E-state index is 0.288. The molecule has 1 unspecified atom stereocenters. The number of alkyl halides is 3. The summed E-state index contributed by atoms with van der Waals surface area (Å²) < 4.78 is 52.4. The number of imidazole rings is 1. The van der Waals surface area contributed by atoms with E-state index in [0.29, 0.717) is 52.8 Å². The number of anilines is 3. The minimum atomic E-state index is -4.41. The maximum atomic E-state index is 13.1. The molecule has 2 aromatic heterocycles. The second-order valence-corrected chi connectivity index (χ2v) is 8.98. The summed E-state index contributed by atoms with van der Waals surface area (Å²) in [6, 6.07) is 10.6. The average Bonchev–Trinajstić information content (AvgIpc) is 3.34. The molecule has 3 heterocycles. The zero-order valence-electron chi connectivity index (χ0n) is 20.5. The zero-order valence-corrected chi connectivity index (χ0v) is 21.3. The number of halogens is 4. The van der Waals surface area contributed by atoms with Crippen LogP contribution in [-0.4, -0.2) is 39.8 Å². The van der Waals surface area contributed by atoms with Gasteiger partial charge in [-0.05, 0) is 36.8 Å². The molecule has 0 fully saturated rings. The summed E-state index contributed by atoms with van der Waals surface area (Å²) in [5, 5.41) is 6.84. The second-order valence-electron chi connectivity index (χ2n) is 8.59. The summed E-state index contributed by atoms with van der Waals surface area (Å²) in [7, 11) is 1.56. The van der Waals surface area contributed by atoms with E-state index in [9.17, 15) is 13.2 Å². The number of aromatic nitrogens is 4. The molecular formula is C26H24ClF3N6O2. The quantitative estimate of drug-likeness (QED) is 0.287. The molecular weight excluding hydrogens is 521 g/mol. The van der Waals surface area contributed by atoms with Crippen molar-refractivity contribution in [1.82, 2.24) is 19.5 Å². The lowest BCUT2D eigenvalue weighted by molar-refractivity contribution is -0.137. The van der Waals surface area contributed by atoms with Crippen LogP contribution in [0.5, 0.6) is 5.75 Å². The number of nitrogens with one attached hydrogen (secondary N) is 2. The van der Waals surface area contributed by atoms with E-state index >= 15 is 0 Å². The van der Waals surface area contributed by atoms with E-state index < -0.39 is 11.7 Å². The van der Waals surface area contributed by atoms with E-state index in [-0.39, 0.29) is 12.5 Å². The predicted molar refractivity (Wildman–Crippen MR) is 138 cm³/mol. The number of rotatable bonds is 7. The van der Waals surface area contributed by atoms with Crippen LogP contribution in [0.4, 0.5) is 30.6 Å². The standard InChI is InChI=1S/C26H24ClF3N6O2/c1-3-31-24-19-13-38-12-18(15-4-6-16(7-5-15)26(28,29)30)23(19)34-25(35-24)33-17-8-9-20(21(10-17)37-2)36-11-22(27)32-14-36/h4-11,14,18H,3,12-13H2,1-2H3,(H2,31,33,34,35). The van der Waals surface area contributed by atoms with Crippen molar-refractivity contribution in [3.05, 3.63) is 82.5 Å². The lowest BCUT2D eigenvalue weighted by Crippen LogP contribution is -2.23. The molecule has 2 N–H and O–H groups in total. The van der Waals surface area contributed by atoms with Crippen LogP contribution >= 0.6 is 11.6 Å². The highest BCUT2D eigenvalue weighted by Gasteiger charge is 2.32. The Morgan fingerprint density at radius 3 is 2.61 bits per heavy atom. The SMILES string of the molecule is CCNc1nc(Nc2ccc(-n3cnc(Cl)c3)c(OC)c2)nc2c1COCC2c1ccc(C(F)(F)F)cc1. The molecule has 5 rings (SSSR count). The van der Waals surface area contributed by atoms with Crippen molar-refractivity contribution in [2.24, 2.45) is 0 Å². The highest BCUT2D eigenvalue weighted by Crippen LogP contribution is 2.37. The Bertz CT molecular complexity index is 1440. The molecule has 38 heavy (non-hydrogen) atoms. The van der Waals surface area contributed by atoms with Crippen molar-refractivity contribution in [2.75, 3.05) is 30.9 Å². The van der Waals surface area contributed by atoms with E-state index in [4.69, 9.17) is 26.1 Å². The van der Waals surface area contributed by atoms with Crippen LogP contribution in [-0.2, 0) is 17.5 Å². The van der Waals surface area contributed by atoms with Gasteiger partial charge in [0, 0.05) is 30.1 Å². The molecule has 1 aliphatic heterocycles. The van der Waals surface area contributed by atoms with E-state index in [2.05, 4.69) is 20.6 Å². The molecule has 0 amide bonds. The van der Waals surface area contributed by atoms with Gasteiger partial charge in [0.2, 0.25) is 5.95 Å². The van der Waals surface area contributed by atoms with Crippen molar-refractivity contribution < 1.29 is 22.6 Å². The smallest absolute Gasteiger partial charge is 0.416 e. The highest BCUT2D eigenvalue weighted by molar-refractivity contribution is 6.29. The van der Waals surface area contributed by atoms with E-state index in [1.807, 2.05) is 19.1 Å². The van der Waals surface area contributed by atoms with Gasteiger partial charge in [-0.15, -0.1) is 0 Å². The number of hydrogen-bond acceptors (Lipinski definition) is 7. The molecule has 12 heteroatoms. The van der Waals surface area contributed by atoms with Gasteiger partial charge in [-0.3, -0.25) is 0 Å². The van der Waals surface area contributed by atoms with Gasteiger partial charge in [0.05, 0.1) is 43.2 Å². The Hall–Kier alpha value is -3.83. The van der Waals surface area contributed by atoms with Crippen molar-refractivity contribution >= 4 is 29.1 Å². The fraction of sp³-hybridized carbons (Fsp3) is 0.269. The Labute approximate surface area is 221 Å². The van der Waals surface area contributed by atoms with Crippen LogP contribution in [0.1, 0.15) is 35.2 Å². The van der Waals surface area contributed by atoms with Gasteiger partial charge in [-0.25, -0.2) is 9.97 Å². The number of nitrogens with zero attached hydrogens (tertiary/aromatic N) is 4. The first kappa shape index (κ1) is 25.8. The third kappa shape index (κ3) is 5.25. The van der Waals surface area contributed by atoms with Crippen LogP contribution in [0.15, 0.2) is 55.0 Å². The average molecular weight is 545 g/mol. The maximum Gasteiger partial charge on any atom is 0.416 e. The Kier molecular flexibility index (Phi) is 7.13. The van der Waals surface area contributed by atoms with Crippen molar-refractivity contribution in [1.29, 1.82) is 0 Å². The maximum absolute atomic E-state index is 13.1. The number of hydrogen-bond donors (Lipinski definition) is 2. The van der Waals surface area contributed by atoms with Crippen molar-refractivity contribution in [2.45, 2.75) is 25.6 Å². The Balaban J connectivity index is 1.50. The van der Waals surface area contributed by atoms with Gasteiger partial charge in [0.1, 0.15) is 23.0 Å². The lowest BCUT2D eigenvalue weighted by Gasteiger charge is -2.27. The van der Waals surface area contributed by atoms with E-state index in [0.717, 1.165) is 23.4 Å². The predicted octanol–water partition coefficient (Wildman–Crippen LogP) is 6.18. The Morgan fingerprint density at radius 1 is 1.16 bits per heavy atom. The summed E-state index contributed by atoms with van der Waals surface area (Å²) in [6.07, 6.45) is -1.14. The van der Waals surface area contributed by atoms with Gasteiger partial charge >= 0.3 is 6.18 Å². The molecule has 0 saturated carbocycles. The topological polar surface area (TPSA) is 86.1 Å². The number of fused-ring (bicyclic) bond motifs is 1. The first-order valence-corrected chi connectivity index (χ1v) is 12.2. The normalized spacial score (nSPS) is 15.2. The van der Waals surface area contributed by atoms with E-state index in [1.54, 1.807) is 30.3 Å². The first-order chi connectivity index (χ1) is 18.3. The van der Waals surface area contributed by atoms with Crippen LogP contribution in [0.25, 0.3) is 5.69 Å². The van der Waals surface area contributed by atoms with Crippen LogP contribution in [0.2, 0.25) is 5.15 Å². The summed E-state index contributed by atoms with van der Waals surface area (Å²) in [4.78, 5) is 13.5. The van der Waals surface area contributed by atoms with Gasteiger partial charge in [0.25, 0.3) is 0 Å². The summed E-state index contributed by atoms with van der Waals surface area (Å²) in [5.74, 6) is 1.15. The van der Waals surface area contributed by atoms with Crippen LogP contribution in [0, 0.1) is 0 Å². The molecule has 4 aromatic rings. The second kappa shape index (κ2) is 10.5. The molecule has 0 spiro atoms. The summed E-state index contributed by atoms with van der Waals surface area (Å²) >= 11 is 5.96. The third-order valence-electron chi connectivity index (χ3n) is 6.15. The minimum Gasteiger partial charge on any atom is -0.494 e. The molecule has 198 valence electrons. The van der Waals surface area contributed by atoms with Gasteiger partial charge in [0.15, 0.2) is 0 Å². The largest absolute Gasteiger partial charge is 0.494 e. The Morgan fingerprint density at radius 2 is 1.95 bits per heavy atom.